The van der Waals surface area contributed by atoms with Crippen molar-refractivity contribution < 1.29 is 9.53 Å². The van der Waals surface area contributed by atoms with Gasteiger partial charge < -0.3 is 10.1 Å². The first-order chi connectivity index (χ1) is 12.2. The molecule has 2 aromatic rings. The molecule has 0 saturated heterocycles. The van der Waals surface area contributed by atoms with Crippen molar-refractivity contribution in [2.45, 2.75) is 37.6 Å². The predicted octanol–water partition coefficient (Wildman–Crippen LogP) is 5.57. The summed E-state index contributed by atoms with van der Waals surface area (Å²) in [7, 11) is 1.41. The summed E-state index contributed by atoms with van der Waals surface area (Å²) in [4.78, 5) is 11.7. The Morgan fingerprint density at radius 1 is 1.12 bits per heavy atom. The van der Waals surface area contributed by atoms with Crippen LogP contribution >= 0.6 is 11.6 Å². The van der Waals surface area contributed by atoms with Gasteiger partial charge in [-0.3, -0.25) is 0 Å². The maximum atomic E-state index is 11.7. The zero-order valence-electron chi connectivity index (χ0n) is 14.3. The van der Waals surface area contributed by atoms with E-state index in [0.29, 0.717) is 17.4 Å². The van der Waals surface area contributed by atoms with Gasteiger partial charge in [-0.1, -0.05) is 36.6 Å². The van der Waals surface area contributed by atoms with E-state index in [2.05, 4.69) is 29.6 Å². The molecule has 0 aromatic heterocycles. The summed E-state index contributed by atoms with van der Waals surface area (Å²) in [5, 5.41) is 4.54. The lowest BCUT2D eigenvalue weighted by Gasteiger charge is -2.44. The van der Waals surface area contributed by atoms with Crippen LogP contribution in [0.2, 0.25) is 5.02 Å². The summed E-state index contributed by atoms with van der Waals surface area (Å²) in [5.41, 5.74) is 4.37. The van der Waals surface area contributed by atoms with Crippen LogP contribution in [0, 0.1) is 5.92 Å². The normalized spacial score (nSPS) is 24.6. The maximum absolute atomic E-state index is 11.7. The number of rotatable bonds is 2. The number of hydrogen-bond acceptors (Lipinski definition) is 3. The highest BCUT2D eigenvalue weighted by Crippen LogP contribution is 2.51. The van der Waals surface area contributed by atoms with Crippen molar-refractivity contribution >= 4 is 23.3 Å². The van der Waals surface area contributed by atoms with Crippen LogP contribution in [0.25, 0.3) is 0 Å². The molecule has 0 bridgehead atoms. The van der Waals surface area contributed by atoms with E-state index in [0.717, 1.165) is 5.02 Å². The van der Waals surface area contributed by atoms with Gasteiger partial charge in [-0.15, -0.1) is 0 Å². The van der Waals surface area contributed by atoms with Crippen molar-refractivity contribution in [2.24, 2.45) is 5.92 Å². The third-order valence-electron chi connectivity index (χ3n) is 5.66. The van der Waals surface area contributed by atoms with Crippen LogP contribution in [-0.4, -0.2) is 13.1 Å². The molecule has 3 nitrogen and oxygen atoms in total. The SMILES string of the molecule is COC(=O)c1ccc([C@@H]2Nc3ccc(Cl)cc3[C@@H]3CCCC[C@@H]32)cc1. The van der Waals surface area contributed by atoms with Gasteiger partial charge in [-0.2, -0.15) is 0 Å². The second kappa shape index (κ2) is 6.72. The summed E-state index contributed by atoms with van der Waals surface area (Å²) >= 11 is 6.25. The minimum Gasteiger partial charge on any atom is -0.465 e. The highest BCUT2D eigenvalue weighted by atomic mass is 35.5. The lowest BCUT2D eigenvalue weighted by Crippen LogP contribution is -2.33. The number of anilines is 1. The molecule has 0 radical (unpaired) electrons. The fourth-order valence-electron chi connectivity index (χ4n) is 4.47. The van der Waals surface area contributed by atoms with Gasteiger partial charge in [0.15, 0.2) is 0 Å². The van der Waals surface area contributed by atoms with Crippen LogP contribution in [-0.2, 0) is 4.74 Å². The van der Waals surface area contributed by atoms with E-state index in [-0.39, 0.29) is 12.0 Å². The Kier molecular flexibility index (Phi) is 4.43. The number of nitrogens with one attached hydrogen (secondary N) is 1. The number of fused-ring (bicyclic) bond motifs is 3. The molecule has 1 fully saturated rings. The third kappa shape index (κ3) is 3.02. The van der Waals surface area contributed by atoms with E-state index >= 15 is 0 Å². The van der Waals surface area contributed by atoms with Crippen molar-refractivity contribution in [3.8, 4) is 0 Å². The zero-order valence-corrected chi connectivity index (χ0v) is 15.1. The van der Waals surface area contributed by atoms with Crippen molar-refractivity contribution in [3.05, 3.63) is 64.2 Å². The fourth-order valence-corrected chi connectivity index (χ4v) is 4.65. The molecular formula is C21H22ClNO2. The molecule has 1 saturated carbocycles. The van der Waals surface area contributed by atoms with Crippen LogP contribution in [0.15, 0.2) is 42.5 Å². The van der Waals surface area contributed by atoms with Crippen LogP contribution in [0.3, 0.4) is 0 Å². The van der Waals surface area contributed by atoms with Crippen molar-refractivity contribution in [2.75, 3.05) is 12.4 Å². The van der Waals surface area contributed by atoms with Gasteiger partial charge >= 0.3 is 5.97 Å². The van der Waals surface area contributed by atoms with Gasteiger partial charge in [0.1, 0.15) is 0 Å². The van der Waals surface area contributed by atoms with Crippen LogP contribution in [0.4, 0.5) is 5.69 Å². The molecule has 0 spiro atoms. The molecule has 1 aliphatic heterocycles. The smallest absolute Gasteiger partial charge is 0.337 e. The number of hydrogen-bond donors (Lipinski definition) is 1. The van der Waals surface area contributed by atoms with Crippen molar-refractivity contribution in [3.63, 3.8) is 0 Å². The molecule has 2 aromatic carbocycles. The van der Waals surface area contributed by atoms with Crippen LogP contribution in [0.1, 0.15) is 59.1 Å². The maximum Gasteiger partial charge on any atom is 0.337 e. The van der Waals surface area contributed by atoms with Crippen molar-refractivity contribution in [1.82, 2.24) is 0 Å². The minimum absolute atomic E-state index is 0.269. The Labute approximate surface area is 153 Å². The van der Waals surface area contributed by atoms with Gasteiger partial charge in [0, 0.05) is 10.7 Å². The van der Waals surface area contributed by atoms with E-state index in [1.54, 1.807) is 0 Å². The monoisotopic (exact) mass is 355 g/mol. The van der Waals surface area contributed by atoms with E-state index in [9.17, 15) is 4.79 Å². The van der Waals surface area contributed by atoms with Crippen LogP contribution < -0.4 is 5.32 Å². The summed E-state index contributed by atoms with van der Waals surface area (Å²) in [6, 6.07) is 14.3. The number of ether oxygens (including phenoxy) is 1. The molecule has 25 heavy (non-hydrogen) atoms. The Bertz CT molecular complexity index is 787. The summed E-state index contributed by atoms with van der Waals surface area (Å²) in [5.74, 6) is 0.816. The highest BCUT2D eigenvalue weighted by Gasteiger charge is 2.38. The van der Waals surface area contributed by atoms with E-state index in [1.165, 1.54) is 49.6 Å². The minimum atomic E-state index is -0.293. The van der Waals surface area contributed by atoms with Crippen molar-refractivity contribution in [1.29, 1.82) is 0 Å². The Morgan fingerprint density at radius 2 is 1.88 bits per heavy atom. The molecular weight excluding hydrogens is 334 g/mol. The summed E-state index contributed by atoms with van der Waals surface area (Å²) < 4.78 is 4.80. The molecule has 2 aliphatic rings. The summed E-state index contributed by atoms with van der Waals surface area (Å²) in [6.45, 7) is 0. The average molecular weight is 356 g/mol. The standard InChI is InChI=1S/C21H22ClNO2/c1-25-21(24)14-8-6-13(7-9-14)20-17-5-3-2-4-16(17)18-12-15(22)10-11-19(18)23-20/h6-12,16-17,20,23H,2-5H2,1H3/t16-,17+,20+/m1/s1. The molecule has 130 valence electrons. The van der Waals surface area contributed by atoms with Gasteiger partial charge in [0.05, 0.1) is 18.7 Å². The van der Waals surface area contributed by atoms with Gasteiger partial charge in [0.25, 0.3) is 0 Å². The first-order valence-electron chi connectivity index (χ1n) is 8.91. The van der Waals surface area contributed by atoms with E-state index < -0.39 is 0 Å². The Morgan fingerprint density at radius 3 is 2.64 bits per heavy atom. The van der Waals surface area contributed by atoms with Gasteiger partial charge in [-0.25, -0.2) is 4.79 Å². The Balaban J connectivity index is 1.69. The molecule has 1 aliphatic carbocycles. The topological polar surface area (TPSA) is 38.3 Å². The molecule has 4 heteroatoms. The molecule has 0 unspecified atom stereocenters. The summed E-state index contributed by atoms with van der Waals surface area (Å²) in [6.07, 6.45) is 4.99. The average Bonchev–Trinajstić information content (AvgIpc) is 2.67. The Hall–Kier alpha value is -2.00. The molecule has 1 heterocycles. The molecule has 3 atom stereocenters. The first-order valence-corrected chi connectivity index (χ1v) is 9.29. The van der Waals surface area contributed by atoms with E-state index in [4.69, 9.17) is 16.3 Å². The lowest BCUT2D eigenvalue weighted by molar-refractivity contribution is 0.0600. The first kappa shape index (κ1) is 16.5. The fraction of sp³-hybridized carbons (Fsp3) is 0.381. The number of methoxy groups -OCH3 is 1. The number of carbonyl (C=O) groups is 1. The third-order valence-corrected chi connectivity index (χ3v) is 5.90. The zero-order chi connectivity index (χ0) is 17.4. The van der Waals surface area contributed by atoms with Gasteiger partial charge in [0.2, 0.25) is 0 Å². The number of esters is 1. The highest BCUT2D eigenvalue weighted by molar-refractivity contribution is 6.30. The number of benzene rings is 2. The molecule has 4 rings (SSSR count). The van der Waals surface area contributed by atoms with Gasteiger partial charge in [-0.05, 0) is 66.1 Å². The second-order valence-corrected chi connectivity index (χ2v) is 7.46. The largest absolute Gasteiger partial charge is 0.465 e. The lowest BCUT2D eigenvalue weighted by atomic mass is 9.68. The number of halogens is 1. The van der Waals surface area contributed by atoms with Crippen LogP contribution in [0.5, 0.6) is 0 Å². The second-order valence-electron chi connectivity index (χ2n) is 7.02. The van der Waals surface area contributed by atoms with E-state index in [1.807, 2.05) is 18.2 Å². The molecule has 1 N–H and O–H groups in total. The predicted molar refractivity (Wildman–Crippen MR) is 100 cm³/mol. The number of carbonyl (C=O) groups excluding carboxylic acids is 1. The quantitative estimate of drug-likeness (QED) is 0.716. The molecule has 0 amide bonds.